The molecule has 4 heteroatoms. The second-order valence-electron chi connectivity index (χ2n) is 5.15. The number of ether oxygens (including phenoxy) is 1. The Morgan fingerprint density at radius 3 is 2.90 bits per heavy atom. The molecule has 0 saturated heterocycles. The van der Waals surface area contributed by atoms with Crippen molar-refractivity contribution in [3.8, 4) is 22.8 Å². The van der Waals surface area contributed by atoms with E-state index in [9.17, 15) is 5.11 Å². The average molecular weight is 277 g/mol. The minimum Gasteiger partial charge on any atom is -0.508 e. The van der Waals surface area contributed by atoms with Crippen LogP contribution >= 0.6 is 0 Å². The van der Waals surface area contributed by atoms with Gasteiger partial charge in [-0.15, -0.1) is 0 Å². The van der Waals surface area contributed by atoms with Crippen molar-refractivity contribution in [3.63, 3.8) is 0 Å². The molecule has 1 aliphatic heterocycles. The number of rotatable bonds is 0. The van der Waals surface area contributed by atoms with Crippen LogP contribution in [0.1, 0.15) is 11.1 Å². The standard InChI is InChI=1S/C17H11NO3/c1-9-5-12-13-8-20-15-7-10(19)3-4-11(15)16(13)21-17(12)14(6-9)18-2/h3-7,19H,8H2,1H3. The fraction of sp³-hybridized carbons (Fsp3) is 0.118. The SMILES string of the molecule is [C-]#[N+]c1cc(C)cc2c3c(oc12)-c1ccc(O)cc1OC3. The van der Waals surface area contributed by atoms with Crippen LogP contribution in [0.4, 0.5) is 5.69 Å². The lowest BCUT2D eigenvalue weighted by atomic mass is 10.0. The Kier molecular flexibility index (Phi) is 2.28. The number of fused-ring (bicyclic) bond motifs is 5. The number of hydrogen-bond donors (Lipinski definition) is 1. The molecule has 2 aromatic carbocycles. The minimum absolute atomic E-state index is 0.158. The highest BCUT2D eigenvalue weighted by Crippen LogP contribution is 2.45. The molecule has 0 fully saturated rings. The van der Waals surface area contributed by atoms with Crippen molar-refractivity contribution < 1.29 is 14.3 Å². The summed E-state index contributed by atoms with van der Waals surface area (Å²) in [4.78, 5) is 3.55. The molecule has 3 aromatic rings. The number of hydrogen-bond acceptors (Lipinski definition) is 3. The molecular weight excluding hydrogens is 266 g/mol. The Bertz CT molecular complexity index is 931. The van der Waals surface area contributed by atoms with Gasteiger partial charge in [0, 0.05) is 17.0 Å². The number of phenolic OH excluding ortho intramolecular Hbond substituents is 1. The van der Waals surface area contributed by atoms with Crippen LogP contribution in [0.2, 0.25) is 0 Å². The van der Waals surface area contributed by atoms with E-state index in [-0.39, 0.29) is 5.75 Å². The van der Waals surface area contributed by atoms with E-state index < -0.39 is 0 Å². The Hall–Kier alpha value is -2.93. The lowest BCUT2D eigenvalue weighted by Crippen LogP contribution is -2.03. The normalized spacial score (nSPS) is 12.4. The van der Waals surface area contributed by atoms with Crippen LogP contribution in [0, 0.1) is 13.5 Å². The van der Waals surface area contributed by atoms with E-state index in [0.717, 1.165) is 27.8 Å². The van der Waals surface area contributed by atoms with E-state index in [0.29, 0.717) is 23.6 Å². The zero-order chi connectivity index (χ0) is 14.6. The van der Waals surface area contributed by atoms with Crippen molar-refractivity contribution in [1.82, 2.24) is 0 Å². The molecule has 0 bridgehead atoms. The van der Waals surface area contributed by atoms with Crippen LogP contribution in [0.5, 0.6) is 11.5 Å². The maximum absolute atomic E-state index is 9.54. The number of furan rings is 1. The molecule has 21 heavy (non-hydrogen) atoms. The van der Waals surface area contributed by atoms with Gasteiger partial charge in [-0.3, -0.25) is 0 Å². The summed E-state index contributed by atoms with van der Waals surface area (Å²) in [7, 11) is 0. The molecule has 0 aliphatic carbocycles. The zero-order valence-corrected chi connectivity index (χ0v) is 11.3. The van der Waals surface area contributed by atoms with Crippen molar-refractivity contribution in [2.45, 2.75) is 13.5 Å². The fourth-order valence-electron chi connectivity index (χ4n) is 2.78. The molecule has 4 nitrogen and oxygen atoms in total. The second kappa shape index (κ2) is 4.03. The van der Waals surface area contributed by atoms with Crippen molar-refractivity contribution in [2.24, 2.45) is 0 Å². The predicted molar refractivity (Wildman–Crippen MR) is 78.6 cm³/mol. The van der Waals surface area contributed by atoms with E-state index in [1.165, 1.54) is 0 Å². The summed E-state index contributed by atoms with van der Waals surface area (Å²) in [5, 5.41) is 10.5. The first-order valence-corrected chi connectivity index (χ1v) is 6.57. The third-order valence-corrected chi connectivity index (χ3v) is 3.72. The number of benzene rings is 2. The molecule has 1 aliphatic rings. The Balaban J connectivity index is 2.08. The quantitative estimate of drug-likeness (QED) is 0.613. The lowest BCUT2D eigenvalue weighted by Gasteiger charge is -2.16. The molecule has 0 amide bonds. The van der Waals surface area contributed by atoms with Crippen LogP contribution in [0.15, 0.2) is 34.7 Å². The van der Waals surface area contributed by atoms with Crippen LogP contribution in [0.3, 0.4) is 0 Å². The van der Waals surface area contributed by atoms with Gasteiger partial charge >= 0.3 is 0 Å². The molecule has 2 heterocycles. The van der Waals surface area contributed by atoms with Gasteiger partial charge in [-0.1, -0.05) is 11.6 Å². The van der Waals surface area contributed by atoms with Crippen molar-refractivity contribution in [3.05, 3.63) is 52.9 Å². The summed E-state index contributed by atoms with van der Waals surface area (Å²) in [6, 6.07) is 8.79. The summed E-state index contributed by atoms with van der Waals surface area (Å²) in [5.41, 5.74) is 3.90. The highest BCUT2D eigenvalue weighted by molar-refractivity contribution is 5.97. The van der Waals surface area contributed by atoms with Crippen molar-refractivity contribution in [2.75, 3.05) is 0 Å². The van der Waals surface area contributed by atoms with Gasteiger partial charge in [-0.25, -0.2) is 4.85 Å². The molecular formula is C17H11NO3. The smallest absolute Gasteiger partial charge is 0.229 e. The first kappa shape index (κ1) is 11.9. The van der Waals surface area contributed by atoms with Gasteiger partial charge in [0.15, 0.2) is 0 Å². The summed E-state index contributed by atoms with van der Waals surface area (Å²) in [6.45, 7) is 9.64. The van der Waals surface area contributed by atoms with Crippen LogP contribution in [-0.2, 0) is 6.61 Å². The summed E-state index contributed by atoms with van der Waals surface area (Å²) in [5.74, 6) is 1.48. The van der Waals surface area contributed by atoms with Crippen LogP contribution in [0.25, 0.3) is 27.1 Å². The fourth-order valence-corrected chi connectivity index (χ4v) is 2.78. The van der Waals surface area contributed by atoms with E-state index >= 15 is 0 Å². The predicted octanol–water partition coefficient (Wildman–Crippen LogP) is 4.56. The Labute approximate surface area is 121 Å². The monoisotopic (exact) mass is 277 g/mol. The first-order valence-electron chi connectivity index (χ1n) is 6.57. The molecule has 0 unspecified atom stereocenters. The number of nitrogens with zero attached hydrogens (tertiary/aromatic N) is 1. The molecule has 0 atom stereocenters. The van der Waals surface area contributed by atoms with E-state index in [4.69, 9.17) is 15.7 Å². The average Bonchev–Trinajstić information content (AvgIpc) is 2.84. The van der Waals surface area contributed by atoms with Crippen LogP contribution in [-0.4, -0.2) is 5.11 Å². The Morgan fingerprint density at radius 2 is 2.10 bits per heavy atom. The van der Waals surface area contributed by atoms with Gasteiger partial charge in [-0.05, 0) is 25.1 Å². The molecule has 0 spiro atoms. The molecule has 1 N–H and O–H groups in total. The third kappa shape index (κ3) is 1.61. The number of phenols is 1. The summed E-state index contributed by atoms with van der Waals surface area (Å²) < 4.78 is 11.7. The van der Waals surface area contributed by atoms with Gasteiger partial charge in [0.2, 0.25) is 5.69 Å². The highest BCUT2D eigenvalue weighted by Gasteiger charge is 2.25. The van der Waals surface area contributed by atoms with E-state index in [1.54, 1.807) is 18.2 Å². The maximum Gasteiger partial charge on any atom is 0.229 e. The van der Waals surface area contributed by atoms with Crippen LogP contribution < -0.4 is 4.74 Å². The van der Waals surface area contributed by atoms with Gasteiger partial charge in [-0.2, -0.15) is 0 Å². The third-order valence-electron chi connectivity index (χ3n) is 3.72. The Morgan fingerprint density at radius 1 is 1.24 bits per heavy atom. The topological polar surface area (TPSA) is 47.0 Å². The van der Waals surface area contributed by atoms with Crippen molar-refractivity contribution >= 4 is 16.7 Å². The zero-order valence-electron chi connectivity index (χ0n) is 11.3. The number of aryl methyl sites for hydroxylation is 1. The molecule has 4 rings (SSSR count). The molecule has 1 aromatic heterocycles. The molecule has 102 valence electrons. The summed E-state index contributed by atoms with van der Waals surface area (Å²) >= 11 is 0. The first-order chi connectivity index (χ1) is 10.2. The summed E-state index contributed by atoms with van der Waals surface area (Å²) in [6.07, 6.45) is 0. The van der Waals surface area contributed by atoms with E-state index in [1.807, 2.05) is 19.1 Å². The molecule has 0 saturated carbocycles. The van der Waals surface area contributed by atoms with E-state index in [2.05, 4.69) is 4.85 Å². The lowest BCUT2D eigenvalue weighted by molar-refractivity contribution is 0.298. The van der Waals surface area contributed by atoms with Gasteiger partial charge < -0.3 is 14.3 Å². The highest BCUT2D eigenvalue weighted by atomic mass is 16.5. The number of aromatic hydroxyl groups is 1. The van der Waals surface area contributed by atoms with Gasteiger partial charge in [0.1, 0.15) is 29.4 Å². The second-order valence-corrected chi connectivity index (χ2v) is 5.15. The van der Waals surface area contributed by atoms with Gasteiger partial charge in [0.25, 0.3) is 0 Å². The van der Waals surface area contributed by atoms with Crippen molar-refractivity contribution in [1.29, 1.82) is 0 Å². The largest absolute Gasteiger partial charge is 0.508 e. The molecule has 0 radical (unpaired) electrons. The van der Waals surface area contributed by atoms with Gasteiger partial charge in [0.05, 0.1) is 12.1 Å². The minimum atomic E-state index is 0.158. The maximum atomic E-state index is 9.54.